The lowest BCUT2D eigenvalue weighted by molar-refractivity contribution is 0.123. The van der Waals surface area contributed by atoms with E-state index in [1.165, 1.54) is 13.8 Å². The third-order valence-corrected chi connectivity index (χ3v) is 2.49. The molecule has 3 N–H and O–H groups in total. The molecule has 0 aliphatic heterocycles. The van der Waals surface area contributed by atoms with E-state index in [4.69, 9.17) is 33.6 Å². The van der Waals surface area contributed by atoms with E-state index in [0.29, 0.717) is 0 Å². The second-order valence-electron chi connectivity index (χ2n) is 2.38. The van der Waals surface area contributed by atoms with E-state index in [1.54, 1.807) is 0 Å². The fraction of sp³-hybridized carbons (Fsp3) is 0.500. The third-order valence-electron chi connectivity index (χ3n) is 1.67. The zero-order chi connectivity index (χ0) is 9.78. The summed E-state index contributed by atoms with van der Waals surface area (Å²) in [5, 5.41) is 20.3. The van der Waals surface area contributed by atoms with Gasteiger partial charge in [0.1, 0.15) is 5.54 Å². The first kappa shape index (κ1) is 11.7. The van der Waals surface area contributed by atoms with Gasteiger partial charge in [0.15, 0.2) is 0 Å². The molecule has 0 spiro atoms. The Morgan fingerprint density at radius 3 is 2.42 bits per heavy atom. The molecule has 0 aromatic carbocycles. The molecule has 0 aliphatic rings. The zero-order valence-corrected chi connectivity index (χ0v) is 8.19. The maximum absolute atomic E-state index is 8.76. The highest BCUT2D eigenvalue weighted by Crippen LogP contribution is 2.22. The highest BCUT2D eigenvalue weighted by molar-refractivity contribution is 6.39. The first-order valence-corrected chi connectivity index (χ1v) is 3.91. The van der Waals surface area contributed by atoms with Gasteiger partial charge in [-0.2, -0.15) is 5.48 Å². The van der Waals surface area contributed by atoms with Crippen LogP contribution in [0.4, 0.5) is 0 Å². The molecule has 6 heteroatoms. The summed E-state index contributed by atoms with van der Waals surface area (Å²) in [6, 6.07) is 0. The number of nitrogens with one attached hydrogen (secondary N) is 1. The normalized spacial score (nSPS) is 19.1. The highest BCUT2D eigenvalue weighted by atomic mass is 35.5. The molecule has 0 aliphatic carbocycles. The van der Waals surface area contributed by atoms with Crippen molar-refractivity contribution in [3.63, 3.8) is 0 Å². The molecule has 0 amide bonds. The van der Waals surface area contributed by atoms with Crippen LogP contribution in [0.1, 0.15) is 13.8 Å². The van der Waals surface area contributed by atoms with Gasteiger partial charge in [0.25, 0.3) is 0 Å². The van der Waals surface area contributed by atoms with Crippen LogP contribution in [0.5, 0.6) is 0 Å². The van der Waals surface area contributed by atoms with Crippen LogP contribution in [0, 0.1) is 0 Å². The van der Waals surface area contributed by atoms with Gasteiger partial charge in [-0.3, -0.25) is 0 Å². The van der Waals surface area contributed by atoms with Crippen molar-refractivity contribution in [2.45, 2.75) is 19.4 Å². The Hall–Kier alpha value is -0.290. The first-order valence-electron chi connectivity index (χ1n) is 3.09. The molecule has 1 atom stereocenters. The van der Waals surface area contributed by atoms with E-state index < -0.39 is 5.54 Å². The molecule has 0 saturated heterocycles. The van der Waals surface area contributed by atoms with Crippen LogP contribution in [-0.4, -0.2) is 21.7 Å². The van der Waals surface area contributed by atoms with E-state index in [9.17, 15) is 0 Å². The first-order chi connectivity index (χ1) is 5.52. The van der Waals surface area contributed by atoms with Crippen LogP contribution in [0.3, 0.4) is 0 Å². The van der Waals surface area contributed by atoms with Crippen molar-refractivity contribution in [3.05, 3.63) is 10.6 Å². The van der Waals surface area contributed by atoms with Crippen molar-refractivity contribution in [3.8, 4) is 0 Å². The lowest BCUT2D eigenvalue weighted by Gasteiger charge is -2.25. The van der Waals surface area contributed by atoms with E-state index >= 15 is 0 Å². The van der Waals surface area contributed by atoms with Crippen molar-refractivity contribution in [1.29, 1.82) is 0 Å². The Bertz CT molecular complexity index is 198. The minimum Gasteiger partial charge on any atom is -0.411 e. The average molecular weight is 213 g/mol. The average Bonchev–Trinajstić information content (AvgIpc) is 2.13. The van der Waals surface area contributed by atoms with Crippen molar-refractivity contribution < 1.29 is 10.4 Å². The fourth-order valence-corrected chi connectivity index (χ4v) is 0.913. The van der Waals surface area contributed by atoms with Crippen molar-refractivity contribution in [1.82, 2.24) is 5.48 Å². The second kappa shape index (κ2) is 4.67. The monoisotopic (exact) mass is 212 g/mol. The van der Waals surface area contributed by atoms with Crippen molar-refractivity contribution in [2.75, 3.05) is 0 Å². The maximum atomic E-state index is 8.76. The van der Waals surface area contributed by atoms with Gasteiger partial charge in [-0.05, 0) is 13.8 Å². The lowest BCUT2D eigenvalue weighted by Crippen LogP contribution is -2.47. The summed E-state index contributed by atoms with van der Waals surface area (Å²) in [6.07, 6.45) is 0. The summed E-state index contributed by atoms with van der Waals surface area (Å²) in [7, 11) is 0. The predicted molar refractivity (Wildman–Crippen MR) is 48.0 cm³/mol. The number of hydrogen-bond donors (Lipinski definition) is 3. The Morgan fingerprint density at radius 2 is 2.17 bits per heavy atom. The van der Waals surface area contributed by atoms with Gasteiger partial charge in [-0.1, -0.05) is 28.4 Å². The number of hydrogen-bond acceptors (Lipinski definition) is 4. The molecule has 12 heavy (non-hydrogen) atoms. The van der Waals surface area contributed by atoms with Crippen LogP contribution in [0.2, 0.25) is 0 Å². The molecule has 0 aromatic heterocycles. The van der Waals surface area contributed by atoms with Gasteiger partial charge in [0, 0.05) is 5.54 Å². The van der Waals surface area contributed by atoms with E-state index in [-0.39, 0.29) is 10.7 Å². The summed E-state index contributed by atoms with van der Waals surface area (Å²) in [5.41, 5.74) is 2.05. The molecule has 0 aromatic rings. The summed E-state index contributed by atoms with van der Waals surface area (Å²) in [4.78, 5) is 0. The van der Waals surface area contributed by atoms with Gasteiger partial charge < -0.3 is 10.4 Å². The maximum Gasteiger partial charge on any atom is 0.117 e. The Balaban J connectivity index is 4.93. The smallest absolute Gasteiger partial charge is 0.117 e. The molecule has 0 heterocycles. The molecule has 0 saturated carbocycles. The van der Waals surface area contributed by atoms with E-state index in [1.807, 2.05) is 5.48 Å². The largest absolute Gasteiger partial charge is 0.411 e. The van der Waals surface area contributed by atoms with Gasteiger partial charge in [0.2, 0.25) is 0 Å². The standard InChI is InChI=1S/C6H10Cl2N2O2/c1-4(9-11)6(2,10-12)5(8)3-7/h3,10-12H,1-2H3. The van der Waals surface area contributed by atoms with Gasteiger partial charge in [-0.25, -0.2) is 0 Å². The summed E-state index contributed by atoms with van der Waals surface area (Å²) in [5.74, 6) is 0. The molecule has 0 radical (unpaired) electrons. The van der Waals surface area contributed by atoms with Gasteiger partial charge in [0.05, 0.1) is 10.7 Å². The number of oxime groups is 1. The number of rotatable bonds is 3. The van der Waals surface area contributed by atoms with Gasteiger partial charge >= 0.3 is 0 Å². The van der Waals surface area contributed by atoms with Gasteiger partial charge in [-0.15, -0.1) is 0 Å². The highest BCUT2D eigenvalue weighted by Gasteiger charge is 2.31. The lowest BCUT2D eigenvalue weighted by atomic mass is 9.98. The van der Waals surface area contributed by atoms with E-state index in [0.717, 1.165) is 5.54 Å². The van der Waals surface area contributed by atoms with Crippen molar-refractivity contribution in [2.24, 2.45) is 5.16 Å². The molecular formula is C6H10Cl2N2O2. The van der Waals surface area contributed by atoms with Crippen LogP contribution in [0.25, 0.3) is 0 Å². The molecule has 70 valence electrons. The minimum atomic E-state index is -1.14. The molecule has 0 fully saturated rings. The molecular weight excluding hydrogens is 203 g/mol. The SMILES string of the molecule is CC(=NO)C(C)(NO)C(Cl)=CCl. The summed E-state index contributed by atoms with van der Waals surface area (Å²) in [6.45, 7) is 3.01. The molecule has 0 rings (SSSR count). The van der Waals surface area contributed by atoms with Crippen LogP contribution >= 0.6 is 23.2 Å². The van der Waals surface area contributed by atoms with Crippen LogP contribution < -0.4 is 5.48 Å². The predicted octanol–water partition coefficient (Wildman–Crippen LogP) is 1.89. The topological polar surface area (TPSA) is 64.9 Å². The Labute approximate surface area is 80.4 Å². The van der Waals surface area contributed by atoms with E-state index in [2.05, 4.69) is 5.16 Å². The fourth-order valence-electron chi connectivity index (χ4n) is 0.516. The third kappa shape index (κ3) is 2.10. The minimum absolute atomic E-state index is 0.127. The molecule has 4 nitrogen and oxygen atoms in total. The second-order valence-corrected chi connectivity index (χ2v) is 3.00. The quantitative estimate of drug-likeness (QED) is 0.381. The van der Waals surface area contributed by atoms with Crippen LogP contribution in [-0.2, 0) is 0 Å². The number of nitrogens with zero attached hydrogens (tertiary/aromatic N) is 1. The summed E-state index contributed by atoms with van der Waals surface area (Å²) >= 11 is 11.0. The van der Waals surface area contributed by atoms with Crippen molar-refractivity contribution >= 4 is 28.9 Å². The Morgan fingerprint density at radius 1 is 1.67 bits per heavy atom. The summed E-state index contributed by atoms with van der Waals surface area (Å²) < 4.78 is 0. The number of halogens is 2. The molecule has 1 unspecified atom stereocenters. The number of hydroxylamine groups is 1. The molecule has 0 bridgehead atoms. The zero-order valence-electron chi connectivity index (χ0n) is 6.67. The van der Waals surface area contributed by atoms with Crippen LogP contribution in [0.15, 0.2) is 15.7 Å². The Kier molecular flexibility index (Phi) is 4.55.